The number of anilines is 1. The van der Waals surface area contributed by atoms with Gasteiger partial charge >= 0.3 is 0 Å². The van der Waals surface area contributed by atoms with Crippen LogP contribution in [0.15, 0.2) is 29.2 Å². The van der Waals surface area contributed by atoms with E-state index in [-0.39, 0.29) is 30.3 Å². The number of thioether (sulfide) groups is 1. The third kappa shape index (κ3) is 5.80. The van der Waals surface area contributed by atoms with E-state index in [4.69, 9.17) is 5.73 Å². The zero-order valence-corrected chi connectivity index (χ0v) is 13.1. The largest absolute Gasteiger partial charge is 0.327 e. The Kier molecular flexibility index (Phi) is 7.42. The molecular weight excluding hydrogens is 318 g/mol. The Hall–Kier alpha value is -0.850. The van der Waals surface area contributed by atoms with Crippen molar-refractivity contribution >= 4 is 35.8 Å². The standard InChI is InChI=1S/C14H18F2N2OS.ClH/c15-14(16)20-11-5-2-4-10(8-11)18-13(19)7-9-3-1-6-12(9)17;/h2,4-5,8-9,12,14H,1,3,6-7,17H2,(H,18,19);1H/t9-,12+;/m0./s1. The van der Waals surface area contributed by atoms with Crippen LogP contribution in [0.4, 0.5) is 14.5 Å². The molecule has 0 saturated heterocycles. The molecule has 1 aromatic carbocycles. The maximum Gasteiger partial charge on any atom is 0.288 e. The van der Waals surface area contributed by atoms with Gasteiger partial charge in [-0.1, -0.05) is 24.2 Å². The van der Waals surface area contributed by atoms with Gasteiger partial charge in [-0.15, -0.1) is 12.4 Å². The molecule has 0 spiro atoms. The monoisotopic (exact) mass is 336 g/mol. The van der Waals surface area contributed by atoms with Crippen molar-refractivity contribution in [3.8, 4) is 0 Å². The Bertz CT molecular complexity index is 476. The molecule has 1 saturated carbocycles. The number of rotatable bonds is 5. The summed E-state index contributed by atoms with van der Waals surface area (Å²) < 4.78 is 24.6. The summed E-state index contributed by atoms with van der Waals surface area (Å²) in [5, 5.41) is 2.75. The summed E-state index contributed by atoms with van der Waals surface area (Å²) in [6.07, 6.45) is 3.42. The van der Waals surface area contributed by atoms with Gasteiger partial charge in [0.05, 0.1) is 0 Å². The van der Waals surface area contributed by atoms with Crippen LogP contribution in [-0.2, 0) is 4.79 Å². The van der Waals surface area contributed by atoms with Crippen molar-refractivity contribution in [2.45, 2.75) is 42.4 Å². The van der Waals surface area contributed by atoms with E-state index >= 15 is 0 Å². The SMILES string of the molecule is Cl.N[C@@H]1CCC[C@H]1CC(=O)Nc1cccc(SC(F)F)c1. The van der Waals surface area contributed by atoms with Gasteiger partial charge in [0.1, 0.15) is 0 Å². The fraction of sp³-hybridized carbons (Fsp3) is 0.500. The topological polar surface area (TPSA) is 55.1 Å². The van der Waals surface area contributed by atoms with E-state index in [0.29, 0.717) is 28.8 Å². The lowest BCUT2D eigenvalue weighted by atomic mass is 10.00. The first-order valence-corrected chi connectivity index (χ1v) is 7.53. The van der Waals surface area contributed by atoms with Crippen molar-refractivity contribution in [2.75, 3.05) is 5.32 Å². The van der Waals surface area contributed by atoms with Gasteiger partial charge < -0.3 is 11.1 Å². The highest BCUT2D eigenvalue weighted by atomic mass is 35.5. The first-order chi connectivity index (χ1) is 9.54. The Balaban J connectivity index is 0.00000220. The second-order valence-electron chi connectivity index (χ2n) is 5.01. The number of hydrogen-bond acceptors (Lipinski definition) is 3. The molecule has 118 valence electrons. The normalized spacial score (nSPS) is 21.1. The maximum absolute atomic E-state index is 12.3. The van der Waals surface area contributed by atoms with Gasteiger partial charge in [0.2, 0.25) is 5.91 Å². The maximum atomic E-state index is 12.3. The van der Waals surface area contributed by atoms with E-state index in [1.54, 1.807) is 24.3 Å². The highest BCUT2D eigenvalue weighted by Gasteiger charge is 2.26. The summed E-state index contributed by atoms with van der Waals surface area (Å²) in [4.78, 5) is 12.4. The second kappa shape index (κ2) is 8.56. The lowest BCUT2D eigenvalue weighted by Crippen LogP contribution is -2.28. The zero-order valence-electron chi connectivity index (χ0n) is 11.4. The Morgan fingerprint density at radius 3 is 2.81 bits per heavy atom. The first kappa shape index (κ1) is 18.2. The Labute approximate surface area is 133 Å². The molecule has 0 aliphatic heterocycles. The number of nitrogens with one attached hydrogen (secondary N) is 1. The summed E-state index contributed by atoms with van der Waals surface area (Å²) in [6.45, 7) is 0. The number of alkyl halides is 2. The molecule has 0 heterocycles. The molecule has 0 radical (unpaired) electrons. The lowest BCUT2D eigenvalue weighted by Gasteiger charge is -2.15. The molecule has 1 amide bonds. The van der Waals surface area contributed by atoms with E-state index in [9.17, 15) is 13.6 Å². The summed E-state index contributed by atoms with van der Waals surface area (Å²) >= 11 is 0.468. The highest BCUT2D eigenvalue weighted by molar-refractivity contribution is 7.99. The number of nitrogens with two attached hydrogens (primary N) is 1. The third-order valence-electron chi connectivity index (χ3n) is 3.51. The number of amides is 1. The van der Waals surface area contributed by atoms with Crippen molar-refractivity contribution in [1.82, 2.24) is 0 Å². The number of carbonyl (C=O) groups is 1. The molecule has 7 heteroatoms. The molecular formula is C14H19ClF2N2OS. The molecule has 0 bridgehead atoms. The minimum absolute atomic E-state index is 0. The first-order valence-electron chi connectivity index (χ1n) is 6.65. The van der Waals surface area contributed by atoms with Crippen molar-refractivity contribution < 1.29 is 13.6 Å². The second-order valence-corrected chi connectivity index (χ2v) is 6.08. The average molecular weight is 337 g/mol. The van der Waals surface area contributed by atoms with E-state index in [1.807, 2.05) is 0 Å². The molecule has 0 unspecified atom stereocenters. The smallest absolute Gasteiger partial charge is 0.288 e. The number of carbonyl (C=O) groups excluding carboxylic acids is 1. The molecule has 2 rings (SSSR count). The minimum Gasteiger partial charge on any atom is -0.327 e. The number of hydrogen-bond donors (Lipinski definition) is 2. The predicted octanol–water partition coefficient (Wildman–Crippen LogP) is 3.88. The summed E-state index contributed by atoms with van der Waals surface area (Å²) in [5.74, 6) is -2.34. The van der Waals surface area contributed by atoms with Gasteiger partial charge in [-0.25, -0.2) is 0 Å². The minimum atomic E-state index is -2.46. The fourth-order valence-corrected chi connectivity index (χ4v) is 3.08. The van der Waals surface area contributed by atoms with Crippen LogP contribution in [0, 0.1) is 5.92 Å². The van der Waals surface area contributed by atoms with Crippen LogP contribution in [0.2, 0.25) is 0 Å². The van der Waals surface area contributed by atoms with E-state index < -0.39 is 5.76 Å². The van der Waals surface area contributed by atoms with Crippen molar-refractivity contribution in [1.29, 1.82) is 0 Å². The van der Waals surface area contributed by atoms with Crippen LogP contribution < -0.4 is 11.1 Å². The molecule has 21 heavy (non-hydrogen) atoms. The Morgan fingerprint density at radius 2 is 2.19 bits per heavy atom. The number of halogens is 3. The van der Waals surface area contributed by atoms with E-state index in [2.05, 4.69) is 5.32 Å². The molecule has 1 aliphatic rings. The van der Waals surface area contributed by atoms with Gasteiger partial charge in [0, 0.05) is 23.0 Å². The van der Waals surface area contributed by atoms with Crippen molar-refractivity contribution in [3.05, 3.63) is 24.3 Å². The zero-order chi connectivity index (χ0) is 14.5. The van der Waals surface area contributed by atoms with Crippen LogP contribution >= 0.6 is 24.2 Å². The van der Waals surface area contributed by atoms with Crippen LogP contribution in [-0.4, -0.2) is 17.7 Å². The molecule has 1 fully saturated rings. The van der Waals surface area contributed by atoms with Gasteiger partial charge in [-0.3, -0.25) is 4.79 Å². The van der Waals surface area contributed by atoms with Crippen LogP contribution in [0.5, 0.6) is 0 Å². The van der Waals surface area contributed by atoms with Gasteiger partial charge in [-0.2, -0.15) is 8.78 Å². The fourth-order valence-electron chi connectivity index (χ4n) is 2.52. The quantitative estimate of drug-likeness (QED) is 0.802. The van der Waals surface area contributed by atoms with Crippen LogP contribution in [0.1, 0.15) is 25.7 Å². The molecule has 1 aliphatic carbocycles. The van der Waals surface area contributed by atoms with Gasteiger partial charge in [0.25, 0.3) is 5.76 Å². The molecule has 1 aromatic rings. The van der Waals surface area contributed by atoms with E-state index in [1.165, 1.54) is 0 Å². The van der Waals surface area contributed by atoms with Crippen molar-refractivity contribution in [3.63, 3.8) is 0 Å². The highest BCUT2D eigenvalue weighted by Crippen LogP contribution is 2.29. The van der Waals surface area contributed by atoms with E-state index in [0.717, 1.165) is 19.3 Å². The average Bonchev–Trinajstić information content (AvgIpc) is 2.74. The van der Waals surface area contributed by atoms with Crippen LogP contribution in [0.3, 0.4) is 0 Å². The third-order valence-corrected chi connectivity index (χ3v) is 4.21. The summed E-state index contributed by atoms with van der Waals surface area (Å²) in [6, 6.07) is 6.60. The molecule has 3 nitrogen and oxygen atoms in total. The summed E-state index contributed by atoms with van der Waals surface area (Å²) in [5.41, 5.74) is 6.48. The lowest BCUT2D eigenvalue weighted by molar-refractivity contribution is -0.117. The Morgan fingerprint density at radius 1 is 1.43 bits per heavy atom. The number of benzene rings is 1. The van der Waals surface area contributed by atoms with Gasteiger partial charge in [-0.05, 0) is 37.0 Å². The molecule has 0 aromatic heterocycles. The van der Waals surface area contributed by atoms with Crippen molar-refractivity contribution in [2.24, 2.45) is 11.7 Å². The van der Waals surface area contributed by atoms with Gasteiger partial charge in [0.15, 0.2) is 0 Å². The predicted molar refractivity (Wildman–Crippen MR) is 84.1 cm³/mol. The van der Waals surface area contributed by atoms with Crippen LogP contribution in [0.25, 0.3) is 0 Å². The molecule has 3 N–H and O–H groups in total. The summed E-state index contributed by atoms with van der Waals surface area (Å²) in [7, 11) is 0. The molecule has 2 atom stereocenters.